The Labute approximate surface area is 212 Å². The van der Waals surface area contributed by atoms with Crippen molar-refractivity contribution in [3.8, 4) is 0 Å². The van der Waals surface area contributed by atoms with E-state index in [1.165, 1.54) is 0 Å². The Morgan fingerprint density at radius 2 is 1.89 bits per heavy atom. The van der Waals surface area contributed by atoms with E-state index in [1.807, 2.05) is 31.2 Å². The van der Waals surface area contributed by atoms with E-state index in [9.17, 15) is 19.5 Å². The van der Waals surface area contributed by atoms with Crippen LogP contribution in [0.3, 0.4) is 0 Å². The molecular formula is C26H38N4O4S. The van der Waals surface area contributed by atoms with Crippen molar-refractivity contribution in [2.24, 2.45) is 11.8 Å². The highest BCUT2D eigenvalue weighted by molar-refractivity contribution is 8.02. The number of likely N-dealkylation sites (tertiary alicyclic amines) is 1. The molecule has 2 unspecified atom stereocenters. The van der Waals surface area contributed by atoms with Gasteiger partial charge >= 0.3 is 0 Å². The van der Waals surface area contributed by atoms with Crippen LogP contribution < -0.4 is 15.5 Å². The first-order valence-electron chi connectivity index (χ1n) is 12.9. The molecule has 35 heavy (non-hydrogen) atoms. The second-order valence-electron chi connectivity index (χ2n) is 9.66. The van der Waals surface area contributed by atoms with E-state index in [2.05, 4.69) is 29.4 Å². The fourth-order valence-electron chi connectivity index (χ4n) is 6.16. The van der Waals surface area contributed by atoms with Gasteiger partial charge in [-0.2, -0.15) is 0 Å². The van der Waals surface area contributed by atoms with Crippen molar-refractivity contribution in [1.82, 2.24) is 10.2 Å². The lowest BCUT2D eigenvalue weighted by Crippen LogP contribution is -2.52. The third-order valence-electron chi connectivity index (χ3n) is 7.72. The van der Waals surface area contributed by atoms with Crippen LogP contribution >= 0.6 is 11.8 Å². The highest BCUT2D eigenvalue weighted by Gasteiger charge is 2.73. The molecule has 1 aromatic carbocycles. The number of anilines is 2. The molecule has 5 atom stereocenters. The molecule has 3 aliphatic rings. The van der Waals surface area contributed by atoms with Gasteiger partial charge in [0.2, 0.25) is 17.7 Å². The quantitative estimate of drug-likeness (QED) is 0.430. The topological polar surface area (TPSA) is 102 Å². The van der Waals surface area contributed by atoms with Crippen LogP contribution in [-0.2, 0) is 14.4 Å². The fourth-order valence-corrected chi connectivity index (χ4v) is 8.38. The second-order valence-corrected chi connectivity index (χ2v) is 11.3. The molecule has 3 fully saturated rings. The second kappa shape index (κ2) is 10.8. The number of rotatable bonds is 11. The number of benzene rings is 1. The fraction of sp³-hybridized carbons (Fsp3) is 0.654. The third kappa shape index (κ3) is 4.53. The van der Waals surface area contributed by atoms with E-state index in [0.717, 1.165) is 38.0 Å². The van der Waals surface area contributed by atoms with Crippen molar-refractivity contribution in [1.29, 1.82) is 0 Å². The number of thioether (sulfide) groups is 1. The van der Waals surface area contributed by atoms with Crippen LogP contribution in [0.25, 0.3) is 0 Å². The predicted molar refractivity (Wildman–Crippen MR) is 139 cm³/mol. The lowest BCUT2D eigenvalue weighted by Gasteiger charge is -2.34. The largest absolute Gasteiger partial charge is 0.396 e. The SMILES string of the molecule is CCCNC(=O)[C@@H]1[C@H]2C(=O)N(CCCO)C(C(=O)Nc3ccc(N(CC)CC)cc3)C23CC[C@H]1S3. The van der Waals surface area contributed by atoms with E-state index in [-0.39, 0.29) is 29.6 Å². The molecular weight excluding hydrogens is 464 g/mol. The number of nitrogens with zero attached hydrogens (tertiary/aromatic N) is 2. The van der Waals surface area contributed by atoms with Crippen LogP contribution in [0.15, 0.2) is 24.3 Å². The van der Waals surface area contributed by atoms with E-state index < -0.39 is 22.6 Å². The van der Waals surface area contributed by atoms with Crippen LogP contribution in [0, 0.1) is 11.8 Å². The zero-order valence-electron chi connectivity index (χ0n) is 21.0. The molecule has 3 saturated heterocycles. The molecule has 3 heterocycles. The average Bonchev–Trinajstić information content (AvgIpc) is 3.50. The number of hydrogen-bond acceptors (Lipinski definition) is 6. The van der Waals surface area contributed by atoms with Crippen molar-refractivity contribution >= 4 is 40.9 Å². The number of nitrogens with one attached hydrogen (secondary N) is 2. The summed E-state index contributed by atoms with van der Waals surface area (Å²) in [6.07, 6.45) is 2.80. The number of carbonyl (C=O) groups is 3. The van der Waals surface area contributed by atoms with Gasteiger partial charge in [-0.05, 0) is 63.8 Å². The maximum Gasteiger partial charge on any atom is 0.248 e. The molecule has 3 N–H and O–H groups in total. The maximum absolute atomic E-state index is 13.7. The van der Waals surface area contributed by atoms with E-state index in [0.29, 0.717) is 25.2 Å². The summed E-state index contributed by atoms with van der Waals surface area (Å²) in [6.45, 7) is 8.86. The molecule has 0 radical (unpaired) electrons. The van der Waals surface area contributed by atoms with Gasteiger partial charge in [0, 0.05) is 49.4 Å². The molecule has 1 aromatic rings. The Bertz CT molecular complexity index is 938. The van der Waals surface area contributed by atoms with Crippen LogP contribution in [0.2, 0.25) is 0 Å². The van der Waals surface area contributed by atoms with E-state index in [4.69, 9.17) is 0 Å². The Morgan fingerprint density at radius 1 is 1.17 bits per heavy atom. The molecule has 0 aliphatic carbocycles. The summed E-state index contributed by atoms with van der Waals surface area (Å²) >= 11 is 1.67. The Kier molecular flexibility index (Phi) is 7.96. The lowest BCUT2D eigenvalue weighted by molar-refractivity contribution is -0.139. The smallest absolute Gasteiger partial charge is 0.248 e. The first-order valence-corrected chi connectivity index (χ1v) is 13.8. The van der Waals surface area contributed by atoms with Gasteiger partial charge in [-0.25, -0.2) is 0 Å². The standard InChI is InChI=1S/C26H38N4O4S/c1-4-14-27-23(32)20-19-12-13-26(35-19)21(20)25(34)30(15-7-16-31)22(26)24(33)28-17-8-10-18(11-9-17)29(5-2)6-3/h8-11,19-22,31H,4-7,12-16H2,1-3H3,(H,27,32)(H,28,33)/t19-,20+,21+,22?,26?/m1/s1. The summed E-state index contributed by atoms with van der Waals surface area (Å²) < 4.78 is -0.601. The minimum Gasteiger partial charge on any atom is -0.396 e. The van der Waals surface area contributed by atoms with Gasteiger partial charge in [0.25, 0.3) is 0 Å². The van der Waals surface area contributed by atoms with Gasteiger partial charge in [-0.3, -0.25) is 14.4 Å². The van der Waals surface area contributed by atoms with Crippen LogP contribution in [-0.4, -0.2) is 76.6 Å². The Balaban J connectivity index is 1.59. The van der Waals surface area contributed by atoms with Gasteiger partial charge < -0.3 is 25.5 Å². The minimum atomic E-state index is -0.659. The molecule has 1 spiro atoms. The summed E-state index contributed by atoms with van der Waals surface area (Å²) in [5.41, 5.74) is 1.79. The summed E-state index contributed by atoms with van der Waals surface area (Å²) in [7, 11) is 0. The van der Waals surface area contributed by atoms with Crippen molar-refractivity contribution < 1.29 is 19.5 Å². The molecule has 0 aromatic heterocycles. The van der Waals surface area contributed by atoms with Crippen molar-refractivity contribution in [3.05, 3.63) is 24.3 Å². The highest BCUT2D eigenvalue weighted by Crippen LogP contribution is 2.66. The van der Waals surface area contributed by atoms with Crippen molar-refractivity contribution in [2.45, 2.75) is 62.5 Å². The van der Waals surface area contributed by atoms with Crippen LogP contribution in [0.5, 0.6) is 0 Å². The normalized spacial score (nSPS) is 28.8. The number of aliphatic hydroxyl groups excluding tert-OH is 1. The monoisotopic (exact) mass is 502 g/mol. The Hall–Kier alpha value is -2.26. The highest BCUT2D eigenvalue weighted by atomic mass is 32.2. The molecule has 2 bridgehead atoms. The summed E-state index contributed by atoms with van der Waals surface area (Å²) in [5.74, 6) is -1.31. The number of amides is 3. The lowest BCUT2D eigenvalue weighted by atomic mass is 9.70. The molecule has 3 aliphatic heterocycles. The first-order chi connectivity index (χ1) is 16.9. The number of aliphatic hydroxyl groups is 1. The van der Waals surface area contributed by atoms with E-state index >= 15 is 0 Å². The predicted octanol–water partition coefficient (Wildman–Crippen LogP) is 2.47. The molecule has 3 amide bonds. The average molecular weight is 503 g/mol. The van der Waals surface area contributed by atoms with Gasteiger partial charge in [0.05, 0.1) is 16.6 Å². The van der Waals surface area contributed by atoms with Gasteiger partial charge in [-0.1, -0.05) is 6.92 Å². The first kappa shape index (κ1) is 25.8. The molecule has 8 nitrogen and oxygen atoms in total. The Morgan fingerprint density at radius 3 is 2.51 bits per heavy atom. The van der Waals surface area contributed by atoms with Crippen molar-refractivity contribution in [3.63, 3.8) is 0 Å². The van der Waals surface area contributed by atoms with Crippen LogP contribution in [0.4, 0.5) is 11.4 Å². The van der Waals surface area contributed by atoms with Crippen LogP contribution in [0.1, 0.15) is 46.5 Å². The zero-order chi connectivity index (χ0) is 25.2. The third-order valence-corrected chi connectivity index (χ3v) is 9.67. The van der Waals surface area contributed by atoms with E-state index in [1.54, 1.807) is 16.7 Å². The number of carbonyl (C=O) groups excluding carboxylic acids is 3. The van der Waals surface area contributed by atoms with Gasteiger partial charge in [0.1, 0.15) is 6.04 Å². The summed E-state index contributed by atoms with van der Waals surface area (Å²) in [6, 6.07) is 7.13. The summed E-state index contributed by atoms with van der Waals surface area (Å²) in [5, 5.41) is 15.5. The minimum absolute atomic E-state index is 0.0568. The summed E-state index contributed by atoms with van der Waals surface area (Å²) in [4.78, 5) is 44.4. The molecule has 0 saturated carbocycles. The molecule has 9 heteroatoms. The van der Waals surface area contributed by atoms with Gasteiger partial charge in [0.15, 0.2) is 0 Å². The van der Waals surface area contributed by atoms with Crippen molar-refractivity contribution in [2.75, 3.05) is 43.0 Å². The van der Waals surface area contributed by atoms with Gasteiger partial charge in [-0.15, -0.1) is 11.8 Å². The number of fused-ring (bicyclic) bond motifs is 1. The zero-order valence-corrected chi connectivity index (χ0v) is 21.8. The number of hydrogen-bond donors (Lipinski definition) is 3. The molecule has 192 valence electrons. The molecule has 4 rings (SSSR count). The maximum atomic E-state index is 13.7.